The number of halogens is 2. The third-order valence-electron chi connectivity index (χ3n) is 2.79. The lowest BCUT2D eigenvalue weighted by atomic mass is 10.2. The van der Waals surface area contributed by atoms with Gasteiger partial charge in [0.2, 0.25) is 6.10 Å². The topological polar surface area (TPSA) is 50.7 Å². The van der Waals surface area contributed by atoms with Crippen LogP contribution in [0.3, 0.4) is 0 Å². The standard InChI is InChI=1S/C16H14BrFN2O2/c1-11(16(21)20-15-5-3-2-4-14(15)18)22-19-10-12-6-8-13(17)9-7-12/h2-11H,1H3,(H,20,21)/b19-10-/t11-/m0/s1. The first-order valence-corrected chi connectivity index (χ1v) is 7.35. The smallest absolute Gasteiger partial charge is 0.268 e. The Bertz CT molecular complexity index is 674. The molecule has 0 aliphatic carbocycles. The fourth-order valence-electron chi connectivity index (χ4n) is 1.58. The number of rotatable bonds is 5. The van der Waals surface area contributed by atoms with Gasteiger partial charge in [0.25, 0.3) is 5.91 Å². The van der Waals surface area contributed by atoms with Gasteiger partial charge in [0, 0.05) is 4.47 Å². The van der Waals surface area contributed by atoms with Crippen molar-refractivity contribution in [1.82, 2.24) is 0 Å². The van der Waals surface area contributed by atoms with Gasteiger partial charge in [-0.05, 0) is 36.8 Å². The number of oxime groups is 1. The van der Waals surface area contributed by atoms with Crippen LogP contribution in [0.15, 0.2) is 58.2 Å². The summed E-state index contributed by atoms with van der Waals surface area (Å²) in [5.74, 6) is -0.973. The van der Waals surface area contributed by atoms with Crippen LogP contribution in [0.1, 0.15) is 12.5 Å². The monoisotopic (exact) mass is 364 g/mol. The second-order valence-corrected chi connectivity index (χ2v) is 5.42. The summed E-state index contributed by atoms with van der Waals surface area (Å²) in [6.07, 6.45) is 0.658. The van der Waals surface area contributed by atoms with Gasteiger partial charge in [-0.1, -0.05) is 45.4 Å². The number of para-hydroxylation sites is 1. The molecular formula is C16H14BrFN2O2. The molecule has 2 rings (SSSR count). The Balaban J connectivity index is 1.89. The predicted octanol–water partition coefficient (Wildman–Crippen LogP) is 3.97. The van der Waals surface area contributed by atoms with Crippen molar-refractivity contribution in [1.29, 1.82) is 0 Å². The van der Waals surface area contributed by atoms with Crippen molar-refractivity contribution in [3.05, 3.63) is 64.4 Å². The molecule has 2 aromatic rings. The Hall–Kier alpha value is -2.21. The van der Waals surface area contributed by atoms with Crippen LogP contribution >= 0.6 is 15.9 Å². The Kier molecular flexibility index (Phi) is 5.66. The van der Waals surface area contributed by atoms with E-state index in [9.17, 15) is 9.18 Å². The third-order valence-corrected chi connectivity index (χ3v) is 3.32. The summed E-state index contributed by atoms with van der Waals surface area (Å²) in [5, 5.41) is 6.21. The minimum Gasteiger partial charge on any atom is -0.383 e. The van der Waals surface area contributed by atoms with Crippen LogP contribution in [-0.4, -0.2) is 18.2 Å². The second-order valence-electron chi connectivity index (χ2n) is 4.50. The zero-order valence-corrected chi connectivity index (χ0v) is 13.4. The van der Waals surface area contributed by atoms with E-state index in [-0.39, 0.29) is 5.69 Å². The summed E-state index contributed by atoms with van der Waals surface area (Å²) in [4.78, 5) is 16.9. The van der Waals surface area contributed by atoms with Crippen LogP contribution in [0.4, 0.5) is 10.1 Å². The van der Waals surface area contributed by atoms with Gasteiger partial charge in [0.15, 0.2) is 0 Å². The molecule has 0 aliphatic rings. The molecule has 0 radical (unpaired) electrons. The Morgan fingerprint density at radius 1 is 1.27 bits per heavy atom. The van der Waals surface area contributed by atoms with E-state index >= 15 is 0 Å². The maximum absolute atomic E-state index is 13.4. The van der Waals surface area contributed by atoms with Gasteiger partial charge in [0.1, 0.15) is 5.82 Å². The van der Waals surface area contributed by atoms with Gasteiger partial charge in [-0.15, -0.1) is 0 Å². The molecule has 2 aromatic carbocycles. The third kappa shape index (κ3) is 4.66. The lowest BCUT2D eigenvalue weighted by molar-refractivity contribution is -0.126. The van der Waals surface area contributed by atoms with Crippen LogP contribution in [0.5, 0.6) is 0 Å². The molecule has 0 heterocycles. The van der Waals surface area contributed by atoms with Crippen molar-refractivity contribution in [3.8, 4) is 0 Å². The van der Waals surface area contributed by atoms with Crippen LogP contribution in [-0.2, 0) is 9.63 Å². The largest absolute Gasteiger partial charge is 0.383 e. The van der Waals surface area contributed by atoms with E-state index in [4.69, 9.17) is 4.84 Å². The summed E-state index contributed by atoms with van der Waals surface area (Å²) in [6, 6.07) is 13.4. The van der Waals surface area contributed by atoms with Crippen molar-refractivity contribution >= 4 is 33.7 Å². The van der Waals surface area contributed by atoms with Crippen molar-refractivity contribution in [3.63, 3.8) is 0 Å². The van der Waals surface area contributed by atoms with Gasteiger partial charge < -0.3 is 10.2 Å². The number of nitrogens with one attached hydrogen (secondary N) is 1. The second kappa shape index (κ2) is 7.70. The Labute approximate surface area is 136 Å². The van der Waals surface area contributed by atoms with E-state index in [2.05, 4.69) is 26.4 Å². The molecule has 1 amide bonds. The molecule has 0 unspecified atom stereocenters. The molecule has 0 saturated heterocycles. The molecule has 0 fully saturated rings. The molecular weight excluding hydrogens is 351 g/mol. The maximum Gasteiger partial charge on any atom is 0.268 e. The highest BCUT2D eigenvalue weighted by molar-refractivity contribution is 9.10. The molecule has 114 valence electrons. The summed E-state index contributed by atoms with van der Waals surface area (Å²) in [5.41, 5.74) is 0.949. The fraction of sp³-hybridized carbons (Fsp3) is 0.125. The Morgan fingerprint density at radius 3 is 2.64 bits per heavy atom. The van der Waals surface area contributed by atoms with Gasteiger partial charge in [0.05, 0.1) is 11.9 Å². The normalized spacial score (nSPS) is 12.1. The molecule has 0 aliphatic heterocycles. The average Bonchev–Trinajstić information content (AvgIpc) is 2.51. The molecule has 0 spiro atoms. The Morgan fingerprint density at radius 2 is 1.95 bits per heavy atom. The predicted molar refractivity (Wildman–Crippen MR) is 87.3 cm³/mol. The van der Waals surface area contributed by atoms with Crippen LogP contribution < -0.4 is 5.32 Å². The SMILES string of the molecule is C[C@H](O/N=C\c1ccc(Br)cc1)C(=O)Nc1ccccc1F. The first-order valence-electron chi connectivity index (χ1n) is 6.56. The summed E-state index contributed by atoms with van der Waals surface area (Å²) in [6.45, 7) is 1.54. The van der Waals surface area contributed by atoms with Gasteiger partial charge in [-0.2, -0.15) is 0 Å². The lowest BCUT2D eigenvalue weighted by Gasteiger charge is -2.10. The van der Waals surface area contributed by atoms with Crippen LogP contribution in [0.2, 0.25) is 0 Å². The lowest BCUT2D eigenvalue weighted by Crippen LogP contribution is -2.26. The maximum atomic E-state index is 13.4. The molecule has 1 atom stereocenters. The van der Waals surface area contributed by atoms with Crippen LogP contribution in [0.25, 0.3) is 0 Å². The zero-order chi connectivity index (χ0) is 15.9. The number of hydrogen-bond acceptors (Lipinski definition) is 3. The van der Waals surface area contributed by atoms with E-state index < -0.39 is 17.8 Å². The highest BCUT2D eigenvalue weighted by Crippen LogP contribution is 2.13. The van der Waals surface area contributed by atoms with Crippen LogP contribution in [0, 0.1) is 5.82 Å². The molecule has 4 nitrogen and oxygen atoms in total. The molecule has 1 N–H and O–H groups in total. The van der Waals surface area contributed by atoms with Gasteiger partial charge in [-0.25, -0.2) is 4.39 Å². The van der Waals surface area contributed by atoms with Crippen molar-refractivity contribution < 1.29 is 14.0 Å². The van der Waals surface area contributed by atoms with E-state index in [0.29, 0.717) is 0 Å². The van der Waals surface area contributed by atoms with Crippen molar-refractivity contribution in [2.24, 2.45) is 5.16 Å². The number of carbonyl (C=O) groups is 1. The summed E-state index contributed by atoms with van der Waals surface area (Å²) in [7, 11) is 0. The highest BCUT2D eigenvalue weighted by Gasteiger charge is 2.15. The van der Waals surface area contributed by atoms with Crippen molar-refractivity contribution in [2.45, 2.75) is 13.0 Å². The summed E-state index contributed by atoms with van der Waals surface area (Å²) >= 11 is 3.33. The van der Waals surface area contributed by atoms with E-state index in [0.717, 1.165) is 10.0 Å². The minimum atomic E-state index is -0.841. The average molecular weight is 365 g/mol. The number of nitrogens with zero attached hydrogens (tertiary/aromatic N) is 1. The zero-order valence-electron chi connectivity index (χ0n) is 11.8. The fourth-order valence-corrected chi connectivity index (χ4v) is 1.84. The first kappa shape index (κ1) is 16.2. The number of benzene rings is 2. The van der Waals surface area contributed by atoms with E-state index in [1.807, 2.05) is 24.3 Å². The molecule has 0 aromatic heterocycles. The number of carbonyl (C=O) groups excluding carboxylic acids is 1. The van der Waals surface area contributed by atoms with Gasteiger partial charge >= 0.3 is 0 Å². The number of hydrogen-bond donors (Lipinski definition) is 1. The van der Waals surface area contributed by atoms with E-state index in [1.165, 1.54) is 25.3 Å². The van der Waals surface area contributed by atoms with Crippen molar-refractivity contribution in [2.75, 3.05) is 5.32 Å². The molecule has 0 saturated carbocycles. The summed E-state index contributed by atoms with van der Waals surface area (Å²) < 4.78 is 14.4. The quantitative estimate of drug-likeness (QED) is 0.644. The molecule has 6 heteroatoms. The van der Waals surface area contributed by atoms with Gasteiger partial charge in [-0.3, -0.25) is 4.79 Å². The minimum absolute atomic E-state index is 0.111. The molecule has 22 heavy (non-hydrogen) atoms. The number of anilines is 1. The highest BCUT2D eigenvalue weighted by atomic mass is 79.9. The number of amides is 1. The van der Waals surface area contributed by atoms with E-state index in [1.54, 1.807) is 12.1 Å². The molecule has 0 bridgehead atoms. The first-order chi connectivity index (χ1) is 10.6.